The van der Waals surface area contributed by atoms with Crippen molar-refractivity contribution in [2.75, 3.05) is 12.3 Å². The number of thioether (sulfide) groups is 1. The van der Waals surface area contributed by atoms with Gasteiger partial charge in [-0.15, -0.1) is 0 Å². The summed E-state index contributed by atoms with van der Waals surface area (Å²) < 4.78 is 1.60. The van der Waals surface area contributed by atoms with Crippen molar-refractivity contribution in [2.45, 2.75) is 25.0 Å². The van der Waals surface area contributed by atoms with E-state index in [0.717, 1.165) is 27.8 Å². The number of carbonyl (C=O) groups is 1. The summed E-state index contributed by atoms with van der Waals surface area (Å²) in [6, 6.07) is 10.2. The molecule has 1 N–H and O–H groups in total. The third kappa shape index (κ3) is 3.17. The number of amides is 1. The van der Waals surface area contributed by atoms with E-state index in [9.17, 15) is 9.59 Å². The molecular weight excluding hydrogens is 366 g/mol. The predicted molar refractivity (Wildman–Crippen MR) is 105 cm³/mol. The summed E-state index contributed by atoms with van der Waals surface area (Å²) in [6.45, 7) is 3.41. The van der Waals surface area contributed by atoms with Gasteiger partial charge in [-0.2, -0.15) is 4.57 Å². The van der Waals surface area contributed by atoms with Gasteiger partial charge in [0.25, 0.3) is 0 Å². The average molecular weight is 387 g/mol. The summed E-state index contributed by atoms with van der Waals surface area (Å²) in [6.07, 6.45) is 0.900. The maximum atomic E-state index is 12.7. The SMILES string of the molecule is Cc1cc2c(=O)n(C)c(SCC(=O)N3CCc4ccccc4C3)[nH+]c2s1. The van der Waals surface area contributed by atoms with E-state index in [2.05, 4.69) is 17.1 Å². The van der Waals surface area contributed by atoms with E-state index >= 15 is 0 Å². The Morgan fingerprint density at radius 2 is 2.08 bits per heavy atom. The highest BCUT2D eigenvalue weighted by molar-refractivity contribution is 7.99. The molecule has 1 aromatic carbocycles. The standard InChI is InChI=1S/C19H19N3O2S2/c1-12-9-15-17(26-12)20-19(21(2)18(15)24)25-11-16(23)22-8-7-13-5-3-4-6-14(13)10-22/h3-6,9H,7-8,10-11H2,1-2H3/p+1. The lowest BCUT2D eigenvalue weighted by Gasteiger charge is -2.28. The fraction of sp³-hybridized carbons (Fsp3) is 0.316. The van der Waals surface area contributed by atoms with Crippen LogP contribution in [0.1, 0.15) is 16.0 Å². The normalized spacial score (nSPS) is 13.8. The van der Waals surface area contributed by atoms with Gasteiger partial charge in [-0.1, -0.05) is 35.6 Å². The third-order valence-electron chi connectivity index (χ3n) is 4.73. The van der Waals surface area contributed by atoms with E-state index in [1.54, 1.807) is 23.0 Å². The van der Waals surface area contributed by atoms with Crippen LogP contribution in [0, 0.1) is 6.92 Å². The molecule has 26 heavy (non-hydrogen) atoms. The largest absolute Gasteiger partial charge is 0.346 e. The van der Waals surface area contributed by atoms with Crippen LogP contribution in [0.5, 0.6) is 0 Å². The van der Waals surface area contributed by atoms with E-state index in [4.69, 9.17) is 0 Å². The van der Waals surface area contributed by atoms with Gasteiger partial charge in [-0.25, -0.2) is 9.78 Å². The Labute approximate surface area is 159 Å². The van der Waals surface area contributed by atoms with Crippen LogP contribution in [0.25, 0.3) is 10.2 Å². The lowest BCUT2D eigenvalue weighted by atomic mass is 10.00. The Hall–Kier alpha value is -2.12. The number of rotatable bonds is 3. The monoisotopic (exact) mass is 386 g/mol. The molecule has 0 spiro atoms. The Morgan fingerprint density at radius 1 is 1.31 bits per heavy atom. The first-order chi connectivity index (χ1) is 12.5. The highest BCUT2D eigenvalue weighted by Crippen LogP contribution is 2.22. The Balaban J connectivity index is 1.49. The number of H-pyrrole nitrogens is 1. The van der Waals surface area contributed by atoms with Crippen LogP contribution in [0.4, 0.5) is 0 Å². The van der Waals surface area contributed by atoms with Gasteiger partial charge >= 0.3 is 10.7 Å². The van der Waals surface area contributed by atoms with E-state index in [1.807, 2.05) is 30.0 Å². The molecule has 4 rings (SSSR count). The third-order valence-corrected chi connectivity index (χ3v) is 6.74. The molecule has 134 valence electrons. The number of fused-ring (bicyclic) bond motifs is 2. The Morgan fingerprint density at radius 3 is 2.88 bits per heavy atom. The number of hydrogen-bond donors (Lipinski definition) is 0. The first-order valence-electron chi connectivity index (χ1n) is 8.53. The maximum Gasteiger partial charge on any atom is 0.346 e. The van der Waals surface area contributed by atoms with Crippen LogP contribution in [0.3, 0.4) is 0 Å². The molecule has 0 unspecified atom stereocenters. The highest BCUT2D eigenvalue weighted by Gasteiger charge is 2.23. The number of carbonyl (C=O) groups excluding carboxylic acids is 1. The summed E-state index contributed by atoms with van der Waals surface area (Å²) in [5, 5.41) is 1.42. The number of aromatic amines is 1. The molecule has 0 aliphatic carbocycles. The molecule has 1 aliphatic rings. The van der Waals surface area contributed by atoms with E-state index in [-0.39, 0.29) is 11.5 Å². The molecule has 1 amide bonds. The average Bonchev–Trinajstić information content (AvgIpc) is 3.03. The molecule has 3 aromatic rings. The van der Waals surface area contributed by atoms with Gasteiger partial charge in [0.15, 0.2) is 4.83 Å². The zero-order chi connectivity index (χ0) is 18.3. The van der Waals surface area contributed by atoms with Crippen LogP contribution in [0.2, 0.25) is 0 Å². The number of nitrogens with zero attached hydrogens (tertiary/aromatic N) is 2. The van der Waals surface area contributed by atoms with Crippen LogP contribution < -0.4 is 10.5 Å². The van der Waals surface area contributed by atoms with E-state index < -0.39 is 0 Å². The molecule has 0 saturated carbocycles. The molecule has 2 aromatic heterocycles. The molecule has 7 heteroatoms. The lowest BCUT2D eigenvalue weighted by molar-refractivity contribution is -0.404. The first-order valence-corrected chi connectivity index (χ1v) is 10.3. The molecule has 0 radical (unpaired) electrons. The molecule has 0 fully saturated rings. The topological polar surface area (TPSA) is 56.5 Å². The fourth-order valence-electron chi connectivity index (χ4n) is 3.28. The van der Waals surface area contributed by atoms with Crippen molar-refractivity contribution in [1.29, 1.82) is 0 Å². The summed E-state index contributed by atoms with van der Waals surface area (Å²) in [7, 11) is 1.75. The number of aromatic nitrogens is 2. The minimum Gasteiger partial charge on any atom is -0.337 e. The maximum absolute atomic E-state index is 12.7. The predicted octanol–water partition coefficient (Wildman–Crippen LogP) is 2.40. The number of aryl methyl sites for hydroxylation is 1. The zero-order valence-electron chi connectivity index (χ0n) is 14.7. The van der Waals surface area contributed by atoms with Gasteiger partial charge in [0.05, 0.1) is 12.8 Å². The summed E-state index contributed by atoms with van der Waals surface area (Å²) in [5.41, 5.74) is 2.54. The summed E-state index contributed by atoms with van der Waals surface area (Å²) in [5.74, 6) is 0.426. The minimum absolute atomic E-state index is 0.0232. The molecule has 0 atom stereocenters. The van der Waals surface area contributed by atoms with Crippen LogP contribution in [-0.4, -0.2) is 27.7 Å². The molecule has 1 aliphatic heterocycles. The zero-order valence-corrected chi connectivity index (χ0v) is 16.4. The Kier molecular flexibility index (Phi) is 4.58. The van der Waals surface area contributed by atoms with Crippen molar-refractivity contribution < 1.29 is 9.78 Å². The molecular formula is C19H20N3O2S2+. The van der Waals surface area contributed by atoms with Crippen molar-refractivity contribution in [3.8, 4) is 0 Å². The minimum atomic E-state index is -0.0232. The van der Waals surface area contributed by atoms with Crippen LogP contribution >= 0.6 is 23.1 Å². The van der Waals surface area contributed by atoms with Gasteiger partial charge in [-0.05, 0) is 42.3 Å². The van der Waals surface area contributed by atoms with Crippen molar-refractivity contribution in [3.05, 3.63) is 56.7 Å². The molecule has 0 bridgehead atoms. The smallest absolute Gasteiger partial charge is 0.337 e. The van der Waals surface area contributed by atoms with Gasteiger partial charge in [0.2, 0.25) is 5.91 Å². The fourth-order valence-corrected chi connectivity index (χ4v) is 5.14. The number of thiophene rings is 1. The number of benzene rings is 1. The van der Waals surface area contributed by atoms with E-state index in [0.29, 0.717) is 17.7 Å². The second-order valence-electron chi connectivity index (χ2n) is 6.52. The van der Waals surface area contributed by atoms with Crippen molar-refractivity contribution >= 4 is 39.2 Å². The molecule has 3 heterocycles. The molecule has 0 saturated heterocycles. The van der Waals surface area contributed by atoms with Crippen molar-refractivity contribution in [2.24, 2.45) is 7.05 Å². The van der Waals surface area contributed by atoms with Crippen molar-refractivity contribution in [3.63, 3.8) is 0 Å². The van der Waals surface area contributed by atoms with Crippen molar-refractivity contribution in [1.82, 2.24) is 9.47 Å². The van der Waals surface area contributed by atoms with Crippen LogP contribution in [-0.2, 0) is 24.8 Å². The van der Waals surface area contributed by atoms with Gasteiger partial charge in [0.1, 0.15) is 5.39 Å². The van der Waals surface area contributed by atoms with Gasteiger partial charge in [-0.3, -0.25) is 4.79 Å². The first kappa shape index (κ1) is 17.3. The second-order valence-corrected chi connectivity index (χ2v) is 8.74. The van der Waals surface area contributed by atoms with Gasteiger partial charge in [0, 0.05) is 18.0 Å². The number of hydrogen-bond acceptors (Lipinski definition) is 4. The number of nitrogens with one attached hydrogen (secondary N) is 1. The highest BCUT2D eigenvalue weighted by atomic mass is 32.2. The van der Waals surface area contributed by atoms with Crippen LogP contribution in [0.15, 0.2) is 40.3 Å². The summed E-state index contributed by atoms with van der Waals surface area (Å²) in [4.78, 5) is 32.3. The Bertz CT molecular complexity index is 1050. The lowest BCUT2D eigenvalue weighted by Crippen LogP contribution is -2.37. The summed E-state index contributed by atoms with van der Waals surface area (Å²) >= 11 is 2.96. The molecule has 5 nitrogen and oxygen atoms in total. The van der Waals surface area contributed by atoms with E-state index in [1.165, 1.54) is 22.9 Å². The quantitative estimate of drug-likeness (QED) is 0.513. The second kappa shape index (κ2) is 6.89. The van der Waals surface area contributed by atoms with Gasteiger partial charge < -0.3 is 4.90 Å².